The predicted molar refractivity (Wildman–Crippen MR) is 71.8 cm³/mol. The molecule has 0 heterocycles. The highest BCUT2D eigenvalue weighted by atomic mass is 35.5. The highest BCUT2D eigenvalue weighted by molar-refractivity contribution is 7.98. The van der Waals surface area contributed by atoms with E-state index < -0.39 is 5.82 Å². The van der Waals surface area contributed by atoms with E-state index in [0.717, 1.165) is 0 Å². The van der Waals surface area contributed by atoms with Gasteiger partial charge in [0.15, 0.2) is 0 Å². The number of benzene rings is 2. The van der Waals surface area contributed by atoms with Crippen molar-refractivity contribution in [2.45, 2.75) is 10.6 Å². The van der Waals surface area contributed by atoms with E-state index in [-0.39, 0.29) is 10.8 Å². The molecule has 0 aliphatic heterocycles. The molecule has 0 aromatic heterocycles. The summed E-state index contributed by atoms with van der Waals surface area (Å²) in [4.78, 5) is 0.463. The topological polar surface area (TPSA) is 26.0 Å². The van der Waals surface area contributed by atoms with Crippen LogP contribution in [0, 0.1) is 11.6 Å². The number of halogens is 3. The Kier molecular flexibility index (Phi) is 4.09. The van der Waals surface area contributed by atoms with Gasteiger partial charge in [0.2, 0.25) is 0 Å². The first kappa shape index (κ1) is 13.2. The Morgan fingerprint density at radius 3 is 2.61 bits per heavy atom. The van der Waals surface area contributed by atoms with E-state index in [0.29, 0.717) is 21.9 Å². The molecule has 2 N–H and O–H groups in total. The molecule has 0 spiro atoms. The van der Waals surface area contributed by atoms with Crippen LogP contribution in [-0.2, 0) is 5.75 Å². The zero-order valence-corrected chi connectivity index (χ0v) is 10.9. The SMILES string of the molecule is Nc1ccc(SCc2cccc(F)c2Cl)c(F)c1. The first-order chi connectivity index (χ1) is 8.58. The van der Waals surface area contributed by atoms with Gasteiger partial charge in [0.05, 0.1) is 5.02 Å². The molecule has 5 heteroatoms. The first-order valence-corrected chi connectivity index (χ1v) is 6.55. The van der Waals surface area contributed by atoms with Gasteiger partial charge < -0.3 is 5.73 Å². The van der Waals surface area contributed by atoms with Crippen molar-refractivity contribution < 1.29 is 8.78 Å². The fourth-order valence-electron chi connectivity index (χ4n) is 1.45. The molecule has 0 unspecified atom stereocenters. The largest absolute Gasteiger partial charge is 0.399 e. The first-order valence-electron chi connectivity index (χ1n) is 5.18. The van der Waals surface area contributed by atoms with Crippen molar-refractivity contribution in [1.29, 1.82) is 0 Å². The summed E-state index contributed by atoms with van der Waals surface area (Å²) in [6, 6.07) is 9.07. The molecule has 2 rings (SSSR count). The molecular weight excluding hydrogens is 276 g/mol. The van der Waals surface area contributed by atoms with Gasteiger partial charge >= 0.3 is 0 Å². The van der Waals surface area contributed by atoms with Gasteiger partial charge in [0.25, 0.3) is 0 Å². The van der Waals surface area contributed by atoms with E-state index in [1.807, 2.05) is 0 Å². The molecule has 0 atom stereocenters. The summed E-state index contributed by atoms with van der Waals surface area (Å²) in [5.41, 5.74) is 6.47. The molecule has 0 amide bonds. The summed E-state index contributed by atoms with van der Waals surface area (Å²) in [7, 11) is 0. The van der Waals surface area contributed by atoms with Gasteiger partial charge in [0.1, 0.15) is 11.6 Å². The quantitative estimate of drug-likeness (QED) is 0.664. The maximum absolute atomic E-state index is 13.5. The average molecular weight is 286 g/mol. The van der Waals surface area contributed by atoms with Gasteiger partial charge in [0, 0.05) is 16.3 Å². The van der Waals surface area contributed by atoms with E-state index in [1.54, 1.807) is 24.3 Å². The van der Waals surface area contributed by atoms with Crippen LogP contribution in [0.2, 0.25) is 5.02 Å². The number of thioether (sulfide) groups is 1. The second kappa shape index (κ2) is 5.59. The second-order valence-corrected chi connectivity index (χ2v) is 5.09. The summed E-state index contributed by atoms with van der Waals surface area (Å²) in [6.07, 6.45) is 0. The zero-order chi connectivity index (χ0) is 13.1. The molecule has 2 aromatic carbocycles. The van der Waals surface area contributed by atoms with Crippen LogP contribution in [0.15, 0.2) is 41.3 Å². The highest BCUT2D eigenvalue weighted by Gasteiger charge is 2.08. The third-order valence-corrected chi connectivity index (χ3v) is 3.89. The summed E-state index contributed by atoms with van der Waals surface area (Å²) in [6.45, 7) is 0. The minimum atomic E-state index is -0.465. The Hall–Kier alpha value is -1.26. The highest BCUT2D eigenvalue weighted by Crippen LogP contribution is 2.30. The van der Waals surface area contributed by atoms with Gasteiger partial charge in [-0.3, -0.25) is 0 Å². The lowest BCUT2D eigenvalue weighted by molar-refractivity contribution is 0.602. The van der Waals surface area contributed by atoms with Crippen molar-refractivity contribution in [3.05, 3.63) is 58.6 Å². The molecule has 18 heavy (non-hydrogen) atoms. The molecule has 0 aliphatic rings. The normalized spacial score (nSPS) is 10.6. The molecule has 0 aliphatic carbocycles. The van der Waals surface area contributed by atoms with Crippen molar-refractivity contribution >= 4 is 29.1 Å². The van der Waals surface area contributed by atoms with Crippen LogP contribution in [0.1, 0.15) is 5.56 Å². The molecule has 1 nitrogen and oxygen atoms in total. The third kappa shape index (κ3) is 2.94. The predicted octanol–water partition coefficient (Wildman–Crippen LogP) is 4.49. The second-order valence-electron chi connectivity index (χ2n) is 3.69. The fourth-order valence-corrected chi connectivity index (χ4v) is 2.63. The van der Waals surface area contributed by atoms with Gasteiger partial charge in [-0.1, -0.05) is 23.7 Å². The Morgan fingerprint density at radius 2 is 1.89 bits per heavy atom. The lowest BCUT2D eigenvalue weighted by Crippen LogP contribution is -1.90. The molecular formula is C13H10ClF2NS. The van der Waals surface area contributed by atoms with Crippen LogP contribution >= 0.6 is 23.4 Å². The van der Waals surface area contributed by atoms with Gasteiger partial charge in [-0.05, 0) is 29.8 Å². The van der Waals surface area contributed by atoms with Crippen LogP contribution in [0.5, 0.6) is 0 Å². The van der Waals surface area contributed by atoms with Crippen LogP contribution in [0.3, 0.4) is 0 Å². The minimum absolute atomic E-state index is 0.0841. The summed E-state index contributed by atoms with van der Waals surface area (Å²) >= 11 is 7.07. The van der Waals surface area contributed by atoms with Crippen molar-refractivity contribution in [2.75, 3.05) is 5.73 Å². The van der Waals surface area contributed by atoms with Crippen LogP contribution < -0.4 is 5.73 Å². The summed E-state index contributed by atoms with van der Waals surface area (Å²) in [5.74, 6) is -0.447. The van der Waals surface area contributed by atoms with Crippen LogP contribution in [-0.4, -0.2) is 0 Å². The fraction of sp³-hybridized carbons (Fsp3) is 0.0769. The molecule has 0 fully saturated rings. The molecule has 0 saturated heterocycles. The molecule has 0 bridgehead atoms. The monoisotopic (exact) mass is 285 g/mol. The molecule has 94 valence electrons. The Balaban J connectivity index is 2.14. The number of nitrogen functional groups attached to an aromatic ring is 1. The van der Waals surface area contributed by atoms with Crippen LogP contribution in [0.25, 0.3) is 0 Å². The zero-order valence-electron chi connectivity index (χ0n) is 9.29. The van der Waals surface area contributed by atoms with Crippen LogP contribution in [0.4, 0.5) is 14.5 Å². The number of anilines is 1. The maximum Gasteiger partial charge on any atom is 0.142 e. The summed E-state index contributed by atoms with van der Waals surface area (Å²) in [5, 5.41) is 0.0841. The lowest BCUT2D eigenvalue weighted by Gasteiger charge is -2.06. The minimum Gasteiger partial charge on any atom is -0.399 e. The number of rotatable bonds is 3. The van der Waals surface area contributed by atoms with Crippen molar-refractivity contribution in [1.82, 2.24) is 0 Å². The van der Waals surface area contributed by atoms with E-state index in [4.69, 9.17) is 17.3 Å². The molecule has 2 aromatic rings. The van der Waals surface area contributed by atoms with Gasteiger partial charge in [-0.2, -0.15) is 0 Å². The third-order valence-electron chi connectivity index (χ3n) is 2.37. The Labute approximate surface area is 113 Å². The van der Waals surface area contributed by atoms with Gasteiger partial charge in [-0.15, -0.1) is 11.8 Å². The standard InChI is InChI=1S/C13H10ClF2NS/c14-13-8(2-1-3-10(13)15)7-18-12-5-4-9(17)6-11(12)16/h1-6H,7,17H2. The van der Waals surface area contributed by atoms with E-state index in [9.17, 15) is 8.78 Å². The van der Waals surface area contributed by atoms with E-state index in [2.05, 4.69) is 0 Å². The Morgan fingerprint density at radius 1 is 1.11 bits per heavy atom. The Bertz CT molecular complexity index is 575. The van der Waals surface area contributed by atoms with E-state index in [1.165, 1.54) is 23.9 Å². The van der Waals surface area contributed by atoms with Crippen molar-refractivity contribution in [2.24, 2.45) is 0 Å². The summed E-state index contributed by atoms with van der Waals surface area (Å²) < 4.78 is 26.7. The number of hydrogen-bond acceptors (Lipinski definition) is 2. The molecule has 0 radical (unpaired) electrons. The maximum atomic E-state index is 13.5. The average Bonchev–Trinajstić information content (AvgIpc) is 2.33. The van der Waals surface area contributed by atoms with Gasteiger partial charge in [-0.25, -0.2) is 8.78 Å². The number of nitrogens with two attached hydrogens (primary N) is 1. The van der Waals surface area contributed by atoms with Crippen molar-refractivity contribution in [3.63, 3.8) is 0 Å². The smallest absolute Gasteiger partial charge is 0.142 e. The number of hydrogen-bond donors (Lipinski definition) is 1. The van der Waals surface area contributed by atoms with Crippen molar-refractivity contribution in [3.8, 4) is 0 Å². The lowest BCUT2D eigenvalue weighted by atomic mass is 10.2. The molecule has 0 saturated carbocycles. The van der Waals surface area contributed by atoms with E-state index >= 15 is 0 Å².